The summed E-state index contributed by atoms with van der Waals surface area (Å²) in [5, 5.41) is 2.90. The molecular weight excluding hydrogens is 480 g/mol. The van der Waals surface area contributed by atoms with Crippen LogP contribution in [0.2, 0.25) is 0 Å². The van der Waals surface area contributed by atoms with Gasteiger partial charge in [0.25, 0.3) is 0 Å². The summed E-state index contributed by atoms with van der Waals surface area (Å²) in [6.45, 7) is 9.81. The first-order valence-electron chi connectivity index (χ1n) is 12.0. The van der Waals surface area contributed by atoms with Gasteiger partial charge in [-0.15, -0.1) is 0 Å². The van der Waals surface area contributed by atoms with Crippen molar-refractivity contribution in [1.82, 2.24) is 9.62 Å². The summed E-state index contributed by atoms with van der Waals surface area (Å²) in [7, 11) is -2.23. The number of nitrogens with one attached hydrogen (secondary N) is 1. The van der Waals surface area contributed by atoms with Crippen molar-refractivity contribution in [2.45, 2.75) is 64.0 Å². The van der Waals surface area contributed by atoms with E-state index in [9.17, 15) is 18.0 Å². The first-order chi connectivity index (χ1) is 16.8. The molecule has 9 heteroatoms. The maximum atomic E-state index is 13.5. The third-order valence-corrected chi connectivity index (χ3v) is 7.19. The summed E-state index contributed by atoms with van der Waals surface area (Å²) in [4.78, 5) is 23.7. The van der Waals surface area contributed by atoms with Crippen LogP contribution in [0.25, 0.3) is 0 Å². The molecule has 0 aliphatic heterocycles. The normalized spacial score (nSPS) is 12.9. The molecule has 0 aliphatic carbocycles. The van der Waals surface area contributed by atoms with Gasteiger partial charge in [0, 0.05) is 24.7 Å². The number of benzene rings is 2. The zero-order valence-corrected chi connectivity index (χ0v) is 22.8. The Morgan fingerprint density at radius 3 is 2.17 bits per heavy atom. The average Bonchev–Trinajstić information content (AvgIpc) is 2.80. The molecule has 0 spiro atoms. The van der Waals surface area contributed by atoms with Gasteiger partial charge in [-0.3, -0.25) is 4.79 Å². The number of hydrogen-bond acceptors (Lipinski definition) is 6. The van der Waals surface area contributed by atoms with Crippen LogP contribution in [0.3, 0.4) is 0 Å². The third-order valence-electron chi connectivity index (χ3n) is 5.31. The molecule has 2 aromatic carbocycles. The van der Waals surface area contributed by atoms with Gasteiger partial charge in [0.05, 0.1) is 12.0 Å². The van der Waals surface area contributed by atoms with Crippen molar-refractivity contribution in [3.8, 4) is 5.75 Å². The summed E-state index contributed by atoms with van der Waals surface area (Å²) in [6.07, 6.45) is 1.03. The number of carbonyl (C=O) groups is 2. The Bertz CT molecular complexity index is 1090. The smallest absolute Gasteiger partial charge is 0.407 e. The fraction of sp³-hybridized carbons (Fsp3) is 0.481. The van der Waals surface area contributed by atoms with Crippen LogP contribution < -0.4 is 10.1 Å². The highest BCUT2D eigenvalue weighted by Crippen LogP contribution is 2.21. The van der Waals surface area contributed by atoms with E-state index in [2.05, 4.69) is 5.32 Å². The number of carbonyl (C=O) groups excluding carboxylic acids is 2. The Hall–Kier alpha value is -2.91. The van der Waals surface area contributed by atoms with Crippen LogP contribution in [0.15, 0.2) is 53.4 Å². The van der Waals surface area contributed by atoms with E-state index in [1.54, 1.807) is 45.0 Å². The Kier molecular flexibility index (Phi) is 10.5. The number of alkyl carbamates (subject to hydrolysis) is 1. The van der Waals surface area contributed by atoms with Crippen molar-refractivity contribution in [2.75, 3.05) is 20.2 Å². The predicted octanol–water partition coefficient (Wildman–Crippen LogP) is 4.68. The van der Waals surface area contributed by atoms with Crippen LogP contribution in [0.4, 0.5) is 4.79 Å². The molecule has 2 rings (SSSR count). The fourth-order valence-corrected chi connectivity index (χ4v) is 5.25. The highest BCUT2D eigenvalue weighted by Gasteiger charge is 2.27. The summed E-state index contributed by atoms with van der Waals surface area (Å²) < 4.78 is 39.0. The number of methoxy groups -OCH3 is 1. The maximum absolute atomic E-state index is 13.5. The van der Waals surface area contributed by atoms with Crippen LogP contribution in [0, 0.1) is 5.92 Å². The molecule has 1 atom stereocenters. The number of amides is 1. The largest absolute Gasteiger partial charge is 0.497 e. The molecule has 0 bridgehead atoms. The van der Waals surface area contributed by atoms with Crippen molar-refractivity contribution in [3.63, 3.8) is 0 Å². The second-order valence-corrected chi connectivity index (χ2v) is 12.1. The van der Waals surface area contributed by atoms with Gasteiger partial charge in [0.2, 0.25) is 10.0 Å². The van der Waals surface area contributed by atoms with Crippen LogP contribution in [0.5, 0.6) is 5.75 Å². The number of ether oxygens (including phenoxy) is 2. The molecule has 198 valence electrons. The number of sulfonamides is 1. The molecule has 0 heterocycles. The minimum Gasteiger partial charge on any atom is -0.497 e. The van der Waals surface area contributed by atoms with Gasteiger partial charge in [0.1, 0.15) is 17.6 Å². The van der Waals surface area contributed by atoms with E-state index in [1.165, 1.54) is 23.5 Å². The van der Waals surface area contributed by atoms with E-state index in [1.807, 2.05) is 26.0 Å². The SMILES string of the molecule is COc1ccc(S(=O)(=O)N(CCC(Cc2ccc(C=O)cc2)NC(=O)OC(C)(C)C)CC(C)C)cc1. The molecule has 0 radical (unpaired) electrons. The molecular formula is C27H38N2O6S. The van der Waals surface area contributed by atoms with Crippen LogP contribution in [-0.2, 0) is 21.2 Å². The first kappa shape index (κ1) is 29.3. The quantitative estimate of drug-likeness (QED) is 0.409. The Morgan fingerprint density at radius 2 is 1.67 bits per heavy atom. The lowest BCUT2D eigenvalue weighted by molar-refractivity contribution is 0.0500. The lowest BCUT2D eigenvalue weighted by atomic mass is 10.0. The molecule has 2 aromatic rings. The average molecular weight is 519 g/mol. The minimum atomic E-state index is -3.76. The number of aldehydes is 1. The summed E-state index contributed by atoms with van der Waals surface area (Å²) >= 11 is 0. The standard InChI is InChI=1S/C27H38N2O6S/c1-20(2)18-29(36(32,33)25-13-11-24(34-6)12-14-25)16-15-23(28-26(31)35-27(3,4)5)17-21-7-9-22(19-30)10-8-21/h7-14,19-20,23H,15-18H2,1-6H3,(H,28,31). The summed E-state index contributed by atoms with van der Waals surface area (Å²) in [5.74, 6) is 0.678. The highest BCUT2D eigenvalue weighted by atomic mass is 32.2. The van der Waals surface area contributed by atoms with Crippen molar-refractivity contribution in [1.29, 1.82) is 0 Å². The summed E-state index contributed by atoms with van der Waals surface area (Å²) in [6, 6.07) is 13.0. The van der Waals surface area contributed by atoms with E-state index in [0.29, 0.717) is 30.7 Å². The van der Waals surface area contributed by atoms with Gasteiger partial charge >= 0.3 is 6.09 Å². The summed E-state index contributed by atoms with van der Waals surface area (Å²) in [5.41, 5.74) is 0.806. The Labute approximate surface area is 215 Å². The zero-order valence-electron chi connectivity index (χ0n) is 22.0. The molecule has 1 amide bonds. The lowest BCUT2D eigenvalue weighted by Crippen LogP contribution is -2.43. The molecule has 1 unspecified atom stereocenters. The second kappa shape index (κ2) is 12.9. The van der Waals surface area contributed by atoms with Gasteiger partial charge in [0.15, 0.2) is 0 Å². The molecule has 1 N–H and O–H groups in total. The van der Waals surface area contributed by atoms with Crippen molar-refractivity contribution in [3.05, 3.63) is 59.7 Å². The Morgan fingerprint density at radius 1 is 1.06 bits per heavy atom. The predicted molar refractivity (Wildman–Crippen MR) is 140 cm³/mol. The van der Waals surface area contributed by atoms with E-state index >= 15 is 0 Å². The zero-order chi connectivity index (χ0) is 26.9. The number of rotatable bonds is 12. The van der Waals surface area contributed by atoms with Crippen LogP contribution in [0.1, 0.15) is 57.0 Å². The molecule has 0 fully saturated rings. The minimum absolute atomic E-state index is 0.103. The number of hydrogen-bond donors (Lipinski definition) is 1. The van der Waals surface area contributed by atoms with Gasteiger partial charge in [-0.2, -0.15) is 4.31 Å². The Balaban J connectivity index is 2.25. The third kappa shape index (κ3) is 9.28. The van der Waals surface area contributed by atoms with E-state index in [4.69, 9.17) is 9.47 Å². The fourth-order valence-electron chi connectivity index (χ4n) is 3.63. The van der Waals surface area contributed by atoms with E-state index in [-0.39, 0.29) is 23.4 Å². The van der Waals surface area contributed by atoms with Gasteiger partial charge in [-0.25, -0.2) is 13.2 Å². The maximum Gasteiger partial charge on any atom is 0.407 e. The van der Waals surface area contributed by atoms with Crippen molar-refractivity contribution < 1.29 is 27.5 Å². The second-order valence-electron chi connectivity index (χ2n) is 10.1. The lowest BCUT2D eigenvalue weighted by Gasteiger charge is -2.28. The number of nitrogens with zero attached hydrogens (tertiary/aromatic N) is 1. The highest BCUT2D eigenvalue weighted by molar-refractivity contribution is 7.89. The molecule has 36 heavy (non-hydrogen) atoms. The molecule has 0 saturated heterocycles. The van der Waals surface area contributed by atoms with Crippen molar-refractivity contribution >= 4 is 22.4 Å². The molecule has 8 nitrogen and oxygen atoms in total. The van der Waals surface area contributed by atoms with Gasteiger partial charge in [-0.1, -0.05) is 38.1 Å². The topological polar surface area (TPSA) is 102 Å². The molecule has 0 aromatic heterocycles. The van der Waals surface area contributed by atoms with E-state index < -0.39 is 21.7 Å². The van der Waals surface area contributed by atoms with Gasteiger partial charge in [-0.05, 0) is 69.4 Å². The monoisotopic (exact) mass is 518 g/mol. The molecule has 0 aliphatic rings. The molecule has 0 saturated carbocycles. The van der Waals surface area contributed by atoms with Gasteiger partial charge < -0.3 is 14.8 Å². The van der Waals surface area contributed by atoms with E-state index in [0.717, 1.165) is 11.8 Å². The van der Waals surface area contributed by atoms with Crippen molar-refractivity contribution in [2.24, 2.45) is 5.92 Å². The van der Waals surface area contributed by atoms with Crippen LogP contribution >= 0.6 is 0 Å². The van der Waals surface area contributed by atoms with Crippen LogP contribution in [-0.4, -0.2) is 56.9 Å². The first-order valence-corrected chi connectivity index (χ1v) is 13.5.